The minimum absolute atomic E-state index is 0.0960. The molecule has 1 atom stereocenters. The zero-order chi connectivity index (χ0) is 14.7. The van der Waals surface area contributed by atoms with Gasteiger partial charge in [0.25, 0.3) is 0 Å². The van der Waals surface area contributed by atoms with E-state index in [9.17, 15) is 4.79 Å². The molecule has 0 amide bonds. The number of nitrogens with one attached hydrogen (secondary N) is 1. The minimum atomic E-state index is -1.76. The Morgan fingerprint density at radius 2 is 1.85 bits per heavy atom. The summed E-state index contributed by atoms with van der Waals surface area (Å²) in [6, 6.07) is 8.35. The van der Waals surface area contributed by atoms with Crippen LogP contribution in [0.25, 0.3) is 10.9 Å². The van der Waals surface area contributed by atoms with E-state index >= 15 is 0 Å². The summed E-state index contributed by atoms with van der Waals surface area (Å²) in [7, 11) is -1.76. The molecule has 20 heavy (non-hydrogen) atoms. The van der Waals surface area contributed by atoms with Gasteiger partial charge in [0.05, 0.1) is 18.6 Å². The topological polar surface area (TPSA) is 32.9 Å². The summed E-state index contributed by atoms with van der Waals surface area (Å²) in [5, 5.41) is 2.85. The molecule has 2 heterocycles. The van der Waals surface area contributed by atoms with E-state index in [1.54, 1.807) is 0 Å². The molecule has 0 bridgehead atoms. The maximum Gasteiger partial charge on any atom is 0.199 e. The highest BCUT2D eigenvalue weighted by molar-refractivity contribution is 8.14. The highest BCUT2D eigenvalue weighted by Gasteiger charge is 2.51. The average molecular weight is 304 g/mol. The molecular formula is C16H21NOSSi. The van der Waals surface area contributed by atoms with E-state index in [-0.39, 0.29) is 10.6 Å². The Bertz CT molecular complexity index is 696. The molecule has 0 radical (unpaired) electrons. The molecule has 106 valence electrons. The number of carbonyl (C=O) groups is 1. The normalized spacial score (nSPS) is 19.6. The number of carbonyl (C=O) groups excluding carboxylic acids is 1. The lowest BCUT2D eigenvalue weighted by atomic mass is 10.1. The summed E-state index contributed by atoms with van der Waals surface area (Å²) in [6.07, 6.45) is 0. The second-order valence-corrected chi connectivity index (χ2v) is 13.8. The van der Waals surface area contributed by atoms with Crippen molar-refractivity contribution in [1.82, 2.24) is 4.98 Å². The summed E-state index contributed by atoms with van der Waals surface area (Å²) in [6.45, 7) is 11.6. The van der Waals surface area contributed by atoms with Crippen LogP contribution in [0, 0.1) is 0 Å². The highest BCUT2D eigenvalue weighted by atomic mass is 32.2. The van der Waals surface area contributed by atoms with Crippen molar-refractivity contribution in [2.24, 2.45) is 0 Å². The zero-order valence-corrected chi connectivity index (χ0v) is 14.5. The van der Waals surface area contributed by atoms with Crippen LogP contribution in [0.1, 0.15) is 31.9 Å². The first-order chi connectivity index (χ1) is 9.23. The molecule has 0 fully saturated rings. The highest BCUT2D eigenvalue weighted by Crippen LogP contribution is 2.54. The van der Waals surface area contributed by atoms with Gasteiger partial charge in [0.15, 0.2) is 5.12 Å². The van der Waals surface area contributed by atoms with E-state index in [0.29, 0.717) is 5.12 Å². The number of hydrogen-bond donors (Lipinski definition) is 1. The summed E-state index contributed by atoms with van der Waals surface area (Å²) in [5.74, 6) is 0. The quantitative estimate of drug-likeness (QED) is 0.758. The van der Waals surface area contributed by atoms with E-state index in [4.69, 9.17) is 0 Å². The molecule has 1 N–H and O–H groups in total. The Morgan fingerprint density at radius 1 is 1.20 bits per heavy atom. The molecule has 0 spiro atoms. The number of rotatable bonds is 1. The van der Waals surface area contributed by atoms with Gasteiger partial charge in [0.1, 0.15) is 0 Å². The summed E-state index contributed by atoms with van der Waals surface area (Å²) in [4.78, 5) is 16.0. The number of aromatic nitrogens is 1. The molecule has 3 rings (SSSR count). The average Bonchev–Trinajstić information content (AvgIpc) is 2.81. The first-order valence-electron chi connectivity index (χ1n) is 7.06. The fourth-order valence-electron chi connectivity index (χ4n) is 2.87. The van der Waals surface area contributed by atoms with Crippen molar-refractivity contribution in [3.8, 4) is 0 Å². The number of aromatic amines is 1. The van der Waals surface area contributed by atoms with Gasteiger partial charge in [-0.05, 0) is 22.9 Å². The lowest BCUT2D eigenvalue weighted by molar-refractivity contribution is -0.110. The first-order valence-corrected chi connectivity index (χ1v) is 10.9. The molecule has 0 saturated heterocycles. The Balaban J connectivity index is 2.23. The van der Waals surface area contributed by atoms with Crippen LogP contribution >= 0.6 is 11.8 Å². The van der Waals surface area contributed by atoms with Crippen molar-refractivity contribution in [3.05, 3.63) is 29.8 Å². The van der Waals surface area contributed by atoms with Gasteiger partial charge in [-0.2, -0.15) is 0 Å². The van der Waals surface area contributed by atoms with Gasteiger partial charge in [-0.15, -0.1) is 0 Å². The predicted octanol–water partition coefficient (Wildman–Crippen LogP) is 4.93. The van der Waals surface area contributed by atoms with E-state index in [1.807, 2.05) is 6.07 Å². The Kier molecular flexibility index (Phi) is 2.96. The summed E-state index contributed by atoms with van der Waals surface area (Å²) >= 11 is 1.41. The number of H-pyrrole nitrogens is 1. The fourth-order valence-corrected chi connectivity index (χ4v) is 7.45. The van der Waals surface area contributed by atoms with Crippen LogP contribution in [0.15, 0.2) is 29.3 Å². The lowest BCUT2D eigenvalue weighted by Gasteiger charge is -2.40. The van der Waals surface area contributed by atoms with Crippen LogP contribution in [0.4, 0.5) is 0 Å². The maximum absolute atomic E-state index is 12.6. The van der Waals surface area contributed by atoms with E-state index in [2.05, 4.69) is 57.0 Å². The third kappa shape index (κ3) is 1.81. The van der Waals surface area contributed by atoms with Gasteiger partial charge in [0.2, 0.25) is 0 Å². The predicted molar refractivity (Wildman–Crippen MR) is 89.1 cm³/mol. The van der Waals surface area contributed by atoms with Crippen LogP contribution in [-0.4, -0.2) is 18.2 Å². The van der Waals surface area contributed by atoms with Crippen LogP contribution < -0.4 is 0 Å². The molecule has 1 aromatic carbocycles. The van der Waals surface area contributed by atoms with Gasteiger partial charge in [-0.3, -0.25) is 4.79 Å². The molecule has 1 aliphatic heterocycles. The number of para-hydroxylation sites is 1. The van der Waals surface area contributed by atoms with Crippen molar-refractivity contribution in [3.63, 3.8) is 0 Å². The SMILES string of the molecule is CC(C)(C)[Si](C)(C)C1C(=O)Sc2[nH]c3ccccc3c21. The molecule has 0 aliphatic carbocycles. The number of hydrogen-bond acceptors (Lipinski definition) is 2. The van der Waals surface area contributed by atoms with Gasteiger partial charge < -0.3 is 4.98 Å². The van der Waals surface area contributed by atoms with Gasteiger partial charge in [0, 0.05) is 16.5 Å². The van der Waals surface area contributed by atoms with E-state index in [0.717, 1.165) is 10.5 Å². The van der Waals surface area contributed by atoms with Gasteiger partial charge in [-0.1, -0.05) is 52.1 Å². The molecule has 0 saturated carbocycles. The van der Waals surface area contributed by atoms with Crippen molar-refractivity contribution >= 4 is 35.9 Å². The second-order valence-electron chi connectivity index (χ2n) is 7.24. The van der Waals surface area contributed by atoms with E-state index in [1.165, 1.54) is 22.7 Å². The maximum atomic E-state index is 12.6. The monoisotopic (exact) mass is 303 g/mol. The molecule has 1 aliphatic rings. The van der Waals surface area contributed by atoms with Crippen molar-refractivity contribution in [2.75, 3.05) is 0 Å². The van der Waals surface area contributed by atoms with Gasteiger partial charge in [-0.25, -0.2) is 0 Å². The molecule has 1 unspecified atom stereocenters. The Hall–Kier alpha value is -1.00. The number of thioether (sulfide) groups is 1. The molecule has 2 aromatic rings. The smallest absolute Gasteiger partial charge is 0.199 e. The van der Waals surface area contributed by atoms with Crippen molar-refractivity contribution < 1.29 is 4.79 Å². The van der Waals surface area contributed by atoms with E-state index < -0.39 is 8.07 Å². The lowest BCUT2D eigenvalue weighted by Crippen LogP contribution is -2.45. The fraction of sp³-hybridized carbons (Fsp3) is 0.438. The van der Waals surface area contributed by atoms with Crippen LogP contribution in [0.5, 0.6) is 0 Å². The van der Waals surface area contributed by atoms with Crippen LogP contribution in [-0.2, 0) is 4.79 Å². The molecule has 1 aromatic heterocycles. The summed E-state index contributed by atoms with van der Waals surface area (Å²) in [5.41, 5.74) is 2.52. The van der Waals surface area contributed by atoms with Crippen LogP contribution in [0.3, 0.4) is 0 Å². The zero-order valence-electron chi connectivity index (χ0n) is 12.7. The minimum Gasteiger partial charge on any atom is -0.349 e. The van der Waals surface area contributed by atoms with Crippen molar-refractivity contribution in [2.45, 2.75) is 49.5 Å². The third-order valence-electron chi connectivity index (χ3n) is 5.09. The largest absolute Gasteiger partial charge is 0.349 e. The summed E-state index contributed by atoms with van der Waals surface area (Å²) < 4.78 is 0. The second kappa shape index (κ2) is 4.24. The number of benzene rings is 1. The Morgan fingerprint density at radius 3 is 2.50 bits per heavy atom. The van der Waals surface area contributed by atoms with Crippen molar-refractivity contribution in [1.29, 1.82) is 0 Å². The van der Waals surface area contributed by atoms with Gasteiger partial charge >= 0.3 is 0 Å². The molecule has 4 heteroatoms. The number of fused-ring (bicyclic) bond motifs is 3. The standard InChI is InChI=1S/C16H21NOSSi/c1-16(2,3)20(4,5)13-12-10-8-6-7-9-11(10)17-14(12)19-15(13)18/h6-9,13,17H,1-5H3. The molecular weight excluding hydrogens is 282 g/mol. The van der Waals surface area contributed by atoms with Crippen LogP contribution in [0.2, 0.25) is 18.1 Å². The first kappa shape index (κ1) is 14.0. The Labute approximate surface area is 125 Å². The third-order valence-corrected chi connectivity index (χ3v) is 12.1. The molecule has 2 nitrogen and oxygen atoms in total.